The summed E-state index contributed by atoms with van der Waals surface area (Å²) in [6.45, 7) is 10.8. The van der Waals surface area contributed by atoms with Gasteiger partial charge in [-0.3, -0.25) is 0 Å². The summed E-state index contributed by atoms with van der Waals surface area (Å²) in [5, 5.41) is 0. The van der Waals surface area contributed by atoms with Gasteiger partial charge in [-0.2, -0.15) is 0 Å². The van der Waals surface area contributed by atoms with Crippen LogP contribution in [0.1, 0.15) is 90.9 Å². The molecule has 1 atom stereocenters. The Bertz CT molecular complexity index is 449. The third-order valence-electron chi connectivity index (χ3n) is 6.16. The first-order valence-corrected chi connectivity index (χ1v) is 12.1. The highest BCUT2D eigenvalue weighted by molar-refractivity contribution is 5.15. The molecule has 162 valence electrons. The quantitative estimate of drug-likeness (QED) is 0.358. The highest BCUT2D eigenvalue weighted by atomic mass is 16.5. The van der Waals surface area contributed by atoms with E-state index in [4.69, 9.17) is 9.47 Å². The SMILES string of the molecule is CCCC(CC)=C1CCCCC=CCCC(OCCCN2CCCOCC2)C1. The Morgan fingerprint density at radius 1 is 1.11 bits per heavy atom. The van der Waals surface area contributed by atoms with Gasteiger partial charge in [0.2, 0.25) is 0 Å². The van der Waals surface area contributed by atoms with Crippen LogP contribution < -0.4 is 0 Å². The van der Waals surface area contributed by atoms with Crippen molar-refractivity contribution in [3.63, 3.8) is 0 Å². The smallest absolute Gasteiger partial charge is 0.0615 e. The van der Waals surface area contributed by atoms with Gasteiger partial charge in [0, 0.05) is 32.8 Å². The standard InChI is InChI=1S/C25H45NO2/c1-3-13-23(4-2)24-14-9-7-5-6-8-10-15-25(22-24)28-20-12-17-26-16-11-19-27-21-18-26/h6,8,25H,3-5,7,9-22H2,1-2H3. The molecule has 1 unspecified atom stereocenters. The van der Waals surface area contributed by atoms with Crippen molar-refractivity contribution in [1.29, 1.82) is 0 Å². The predicted molar refractivity (Wildman–Crippen MR) is 120 cm³/mol. The van der Waals surface area contributed by atoms with E-state index in [1.54, 1.807) is 11.1 Å². The minimum Gasteiger partial charge on any atom is -0.380 e. The maximum absolute atomic E-state index is 6.46. The third-order valence-corrected chi connectivity index (χ3v) is 6.16. The number of nitrogens with zero attached hydrogens (tertiary/aromatic N) is 1. The van der Waals surface area contributed by atoms with Crippen LogP contribution in [0.3, 0.4) is 0 Å². The summed E-state index contributed by atoms with van der Waals surface area (Å²) >= 11 is 0. The van der Waals surface area contributed by atoms with Crippen molar-refractivity contribution in [2.24, 2.45) is 0 Å². The maximum atomic E-state index is 6.46. The van der Waals surface area contributed by atoms with E-state index < -0.39 is 0 Å². The molecule has 28 heavy (non-hydrogen) atoms. The first kappa shape index (κ1) is 23.6. The van der Waals surface area contributed by atoms with Crippen LogP contribution in [0.2, 0.25) is 0 Å². The lowest BCUT2D eigenvalue weighted by molar-refractivity contribution is 0.0413. The first-order chi connectivity index (χ1) is 13.8. The molecular weight excluding hydrogens is 346 g/mol. The Balaban J connectivity index is 1.87. The fourth-order valence-electron chi connectivity index (χ4n) is 4.53. The van der Waals surface area contributed by atoms with Gasteiger partial charge in [0.15, 0.2) is 0 Å². The van der Waals surface area contributed by atoms with E-state index in [-0.39, 0.29) is 0 Å². The zero-order chi connectivity index (χ0) is 19.9. The molecule has 3 heteroatoms. The van der Waals surface area contributed by atoms with Gasteiger partial charge in [-0.15, -0.1) is 0 Å². The lowest BCUT2D eigenvalue weighted by Crippen LogP contribution is -2.28. The van der Waals surface area contributed by atoms with Crippen molar-refractivity contribution in [2.45, 2.75) is 97.0 Å². The Morgan fingerprint density at radius 2 is 2.00 bits per heavy atom. The molecule has 0 amide bonds. The second-order valence-electron chi connectivity index (χ2n) is 8.46. The molecule has 0 saturated carbocycles. The number of allylic oxidation sites excluding steroid dienone is 3. The summed E-state index contributed by atoms with van der Waals surface area (Å²) in [6, 6.07) is 0. The van der Waals surface area contributed by atoms with Crippen LogP contribution in [0.5, 0.6) is 0 Å². The summed E-state index contributed by atoms with van der Waals surface area (Å²) in [6.07, 6.45) is 19.9. The molecule has 0 radical (unpaired) electrons. The van der Waals surface area contributed by atoms with Gasteiger partial charge in [-0.1, -0.05) is 43.6 Å². The summed E-state index contributed by atoms with van der Waals surface area (Å²) in [4.78, 5) is 2.54. The molecule has 0 aromatic rings. The summed E-state index contributed by atoms with van der Waals surface area (Å²) < 4.78 is 12.0. The highest BCUT2D eigenvalue weighted by Crippen LogP contribution is 2.27. The summed E-state index contributed by atoms with van der Waals surface area (Å²) in [5.41, 5.74) is 3.44. The van der Waals surface area contributed by atoms with Crippen LogP contribution in [0, 0.1) is 0 Å². The lowest BCUT2D eigenvalue weighted by atomic mass is 9.91. The monoisotopic (exact) mass is 391 g/mol. The van der Waals surface area contributed by atoms with E-state index in [9.17, 15) is 0 Å². The van der Waals surface area contributed by atoms with Crippen molar-refractivity contribution in [3.8, 4) is 0 Å². The minimum absolute atomic E-state index is 0.392. The van der Waals surface area contributed by atoms with Crippen molar-refractivity contribution >= 4 is 0 Å². The summed E-state index contributed by atoms with van der Waals surface area (Å²) in [7, 11) is 0. The van der Waals surface area contributed by atoms with Gasteiger partial charge < -0.3 is 14.4 Å². The van der Waals surface area contributed by atoms with Crippen molar-refractivity contribution in [2.75, 3.05) is 39.5 Å². The molecule has 1 aliphatic heterocycles. The Labute approximate surface area is 174 Å². The zero-order valence-electron chi connectivity index (χ0n) is 18.7. The largest absolute Gasteiger partial charge is 0.380 e. The molecule has 0 aromatic heterocycles. The maximum Gasteiger partial charge on any atom is 0.0615 e. The van der Waals surface area contributed by atoms with Gasteiger partial charge in [-0.05, 0) is 70.6 Å². The topological polar surface area (TPSA) is 21.7 Å². The molecule has 1 heterocycles. The van der Waals surface area contributed by atoms with Crippen molar-refractivity contribution in [3.05, 3.63) is 23.3 Å². The third kappa shape index (κ3) is 9.71. The lowest BCUT2D eigenvalue weighted by Gasteiger charge is -2.23. The van der Waals surface area contributed by atoms with E-state index in [0.29, 0.717) is 6.10 Å². The van der Waals surface area contributed by atoms with Crippen LogP contribution in [-0.2, 0) is 9.47 Å². The predicted octanol–water partition coefficient (Wildman–Crippen LogP) is 6.29. The van der Waals surface area contributed by atoms with Crippen LogP contribution in [0.4, 0.5) is 0 Å². The minimum atomic E-state index is 0.392. The average molecular weight is 392 g/mol. The number of hydrogen-bond donors (Lipinski definition) is 0. The second kappa shape index (κ2) is 15.2. The Morgan fingerprint density at radius 3 is 2.86 bits per heavy atom. The normalized spacial score (nSPS) is 25.1. The number of hydrogen-bond acceptors (Lipinski definition) is 3. The average Bonchev–Trinajstić information content (AvgIpc) is 3.00. The van der Waals surface area contributed by atoms with Gasteiger partial charge in [0.25, 0.3) is 0 Å². The van der Waals surface area contributed by atoms with Crippen LogP contribution in [0.25, 0.3) is 0 Å². The Kier molecular flexibility index (Phi) is 12.9. The molecule has 1 aliphatic carbocycles. The fourth-order valence-corrected chi connectivity index (χ4v) is 4.53. The fraction of sp³-hybridized carbons (Fsp3) is 0.840. The zero-order valence-corrected chi connectivity index (χ0v) is 18.7. The van der Waals surface area contributed by atoms with Gasteiger partial charge in [0.05, 0.1) is 12.7 Å². The van der Waals surface area contributed by atoms with Gasteiger partial charge in [0.1, 0.15) is 0 Å². The van der Waals surface area contributed by atoms with Gasteiger partial charge in [-0.25, -0.2) is 0 Å². The molecule has 2 rings (SSSR count). The van der Waals surface area contributed by atoms with E-state index in [1.807, 2.05) is 0 Å². The second-order valence-corrected chi connectivity index (χ2v) is 8.46. The molecule has 0 bridgehead atoms. The molecule has 1 fully saturated rings. The molecule has 3 nitrogen and oxygen atoms in total. The molecule has 1 saturated heterocycles. The molecule has 2 aliphatic rings. The van der Waals surface area contributed by atoms with E-state index in [0.717, 1.165) is 52.2 Å². The Hall–Kier alpha value is -0.640. The highest BCUT2D eigenvalue weighted by Gasteiger charge is 2.15. The molecule has 0 aromatic carbocycles. The van der Waals surface area contributed by atoms with E-state index >= 15 is 0 Å². The first-order valence-electron chi connectivity index (χ1n) is 12.1. The van der Waals surface area contributed by atoms with Crippen LogP contribution in [0.15, 0.2) is 23.3 Å². The van der Waals surface area contributed by atoms with Crippen molar-refractivity contribution < 1.29 is 9.47 Å². The number of rotatable bonds is 8. The van der Waals surface area contributed by atoms with Crippen LogP contribution >= 0.6 is 0 Å². The summed E-state index contributed by atoms with van der Waals surface area (Å²) in [5.74, 6) is 0. The molecule has 0 N–H and O–H groups in total. The number of ether oxygens (including phenoxy) is 2. The van der Waals surface area contributed by atoms with Crippen molar-refractivity contribution in [1.82, 2.24) is 4.90 Å². The molecular formula is C25H45NO2. The van der Waals surface area contributed by atoms with Crippen LogP contribution in [-0.4, -0.2) is 50.5 Å². The van der Waals surface area contributed by atoms with E-state index in [1.165, 1.54) is 64.3 Å². The van der Waals surface area contributed by atoms with Gasteiger partial charge >= 0.3 is 0 Å². The molecule has 0 spiro atoms. The van der Waals surface area contributed by atoms with E-state index in [2.05, 4.69) is 30.9 Å².